The number of nitro groups is 1. The van der Waals surface area contributed by atoms with Gasteiger partial charge in [0.15, 0.2) is 5.11 Å². The smallest absolute Gasteiger partial charge is 0.282 e. The highest BCUT2D eigenvalue weighted by Gasteiger charge is 2.20. The van der Waals surface area contributed by atoms with Crippen LogP contribution in [-0.2, 0) is 0 Å². The van der Waals surface area contributed by atoms with E-state index in [-0.39, 0.29) is 16.4 Å². The second kappa shape index (κ2) is 7.18. The maximum absolute atomic E-state index is 12.3. The van der Waals surface area contributed by atoms with Crippen molar-refractivity contribution in [2.45, 2.75) is 20.8 Å². The molecule has 0 spiro atoms. The van der Waals surface area contributed by atoms with Crippen LogP contribution in [0.1, 0.15) is 27.0 Å². The first-order chi connectivity index (χ1) is 11.3. The molecular weight excluding hydrogens is 326 g/mol. The number of nitrogens with one attached hydrogen (secondary N) is 2. The van der Waals surface area contributed by atoms with Gasteiger partial charge in [-0.25, -0.2) is 0 Å². The molecule has 2 aromatic carbocycles. The summed E-state index contributed by atoms with van der Waals surface area (Å²) < 4.78 is 0. The molecule has 0 saturated heterocycles. The lowest BCUT2D eigenvalue weighted by molar-refractivity contribution is -0.385. The van der Waals surface area contributed by atoms with Gasteiger partial charge in [-0.15, -0.1) is 0 Å². The average Bonchev–Trinajstić information content (AvgIpc) is 2.50. The number of para-hydroxylation sites is 1. The predicted molar refractivity (Wildman–Crippen MR) is 97.4 cm³/mol. The van der Waals surface area contributed by atoms with Crippen molar-refractivity contribution < 1.29 is 9.72 Å². The van der Waals surface area contributed by atoms with E-state index in [2.05, 4.69) is 10.6 Å². The quantitative estimate of drug-likeness (QED) is 0.505. The summed E-state index contributed by atoms with van der Waals surface area (Å²) >= 11 is 5.16. The second-order valence-corrected chi connectivity index (χ2v) is 5.86. The number of carbonyl (C=O) groups is 1. The third-order valence-electron chi connectivity index (χ3n) is 3.49. The molecule has 0 radical (unpaired) electrons. The zero-order valence-corrected chi connectivity index (χ0v) is 14.4. The van der Waals surface area contributed by atoms with E-state index in [1.54, 1.807) is 6.07 Å². The Morgan fingerprint density at radius 1 is 1.12 bits per heavy atom. The second-order valence-electron chi connectivity index (χ2n) is 5.46. The summed E-state index contributed by atoms with van der Waals surface area (Å²) in [4.78, 5) is 22.7. The van der Waals surface area contributed by atoms with Gasteiger partial charge in [-0.3, -0.25) is 20.2 Å². The van der Waals surface area contributed by atoms with Crippen LogP contribution in [0.15, 0.2) is 36.4 Å². The third-order valence-corrected chi connectivity index (χ3v) is 3.69. The van der Waals surface area contributed by atoms with Gasteiger partial charge >= 0.3 is 0 Å². The van der Waals surface area contributed by atoms with Gasteiger partial charge in [0.2, 0.25) is 0 Å². The van der Waals surface area contributed by atoms with Crippen LogP contribution in [0.4, 0.5) is 11.4 Å². The predicted octanol–water partition coefficient (Wildman–Crippen LogP) is 3.65. The van der Waals surface area contributed by atoms with Gasteiger partial charge in [-0.1, -0.05) is 29.8 Å². The van der Waals surface area contributed by atoms with Crippen LogP contribution in [0.5, 0.6) is 0 Å². The van der Waals surface area contributed by atoms with Crippen LogP contribution < -0.4 is 10.6 Å². The minimum atomic E-state index is -0.623. The molecule has 24 heavy (non-hydrogen) atoms. The van der Waals surface area contributed by atoms with Gasteiger partial charge in [-0.2, -0.15) is 0 Å². The SMILES string of the molecule is Cc1cc(C)c(NC(=S)NC(=O)c2ccccc2[N+](=O)[O-])c(C)c1. The summed E-state index contributed by atoms with van der Waals surface area (Å²) in [5, 5.41) is 16.6. The lowest BCUT2D eigenvalue weighted by atomic mass is 10.1. The number of hydrogen-bond acceptors (Lipinski definition) is 4. The minimum Gasteiger partial charge on any atom is -0.332 e. The Bertz CT molecular complexity index is 811. The number of hydrogen-bond donors (Lipinski definition) is 2. The first-order valence-electron chi connectivity index (χ1n) is 7.23. The van der Waals surface area contributed by atoms with Crippen molar-refractivity contribution >= 4 is 34.6 Å². The number of rotatable bonds is 3. The van der Waals surface area contributed by atoms with Gasteiger partial charge in [0.1, 0.15) is 5.56 Å². The Balaban J connectivity index is 2.16. The number of benzene rings is 2. The van der Waals surface area contributed by atoms with E-state index in [0.29, 0.717) is 0 Å². The highest BCUT2D eigenvalue weighted by atomic mass is 32.1. The number of nitro benzene ring substituents is 1. The molecular formula is C17H17N3O3S. The molecule has 2 rings (SSSR count). The van der Waals surface area contributed by atoms with Crippen LogP contribution in [-0.4, -0.2) is 15.9 Å². The number of carbonyl (C=O) groups excluding carboxylic acids is 1. The van der Waals surface area contributed by atoms with E-state index in [0.717, 1.165) is 22.4 Å². The first kappa shape index (κ1) is 17.6. The van der Waals surface area contributed by atoms with E-state index < -0.39 is 10.8 Å². The molecule has 2 aromatic rings. The highest BCUT2D eigenvalue weighted by molar-refractivity contribution is 7.80. The van der Waals surface area contributed by atoms with Crippen LogP contribution in [0.3, 0.4) is 0 Å². The molecule has 6 nitrogen and oxygen atoms in total. The molecule has 0 aliphatic heterocycles. The van der Waals surface area contributed by atoms with Crippen molar-refractivity contribution in [3.63, 3.8) is 0 Å². The first-order valence-corrected chi connectivity index (χ1v) is 7.64. The largest absolute Gasteiger partial charge is 0.332 e. The standard InChI is InChI=1S/C17H17N3O3S/c1-10-8-11(2)15(12(3)9-10)18-17(24)19-16(21)13-6-4-5-7-14(13)20(22)23/h4-9H,1-3H3,(H2,18,19,21,24). The zero-order valence-electron chi connectivity index (χ0n) is 13.5. The minimum absolute atomic E-state index is 0.0380. The van der Waals surface area contributed by atoms with Gasteiger partial charge in [0.05, 0.1) is 4.92 Å². The molecule has 0 heterocycles. The molecule has 0 aromatic heterocycles. The molecule has 2 N–H and O–H groups in total. The number of amides is 1. The number of aryl methyl sites for hydroxylation is 3. The molecule has 0 atom stereocenters. The van der Waals surface area contributed by atoms with Gasteiger partial charge in [0.25, 0.3) is 11.6 Å². The topological polar surface area (TPSA) is 84.3 Å². The van der Waals surface area contributed by atoms with E-state index in [4.69, 9.17) is 12.2 Å². The normalized spacial score (nSPS) is 10.1. The molecule has 0 saturated carbocycles. The van der Waals surface area contributed by atoms with Crippen LogP contribution in [0.2, 0.25) is 0 Å². The summed E-state index contributed by atoms with van der Waals surface area (Å²) in [6.07, 6.45) is 0. The molecule has 0 aliphatic carbocycles. The van der Waals surface area contributed by atoms with Crippen LogP contribution in [0, 0.1) is 30.9 Å². The molecule has 7 heteroatoms. The van der Waals surface area contributed by atoms with Crippen LogP contribution >= 0.6 is 12.2 Å². The summed E-state index contributed by atoms with van der Waals surface area (Å²) in [5.74, 6) is -0.623. The van der Waals surface area contributed by atoms with E-state index >= 15 is 0 Å². The molecule has 0 unspecified atom stereocenters. The molecule has 1 amide bonds. The molecule has 0 fully saturated rings. The Labute approximate surface area is 145 Å². The van der Waals surface area contributed by atoms with Crippen molar-refractivity contribution in [1.29, 1.82) is 0 Å². The van der Waals surface area contributed by atoms with Crippen molar-refractivity contribution in [2.75, 3.05) is 5.32 Å². The van der Waals surface area contributed by atoms with E-state index in [9.17, 15) is 14.9 Å². The summed E-state index contributed by atoms with van der Waals surface area (Å²) in [5.41, 5.74) is 3.63. The fraction of sp³-hybridized carbons (Fsp3) is 0.176. The molecule has 0 bridgehead atoms. The molecule has 124 valence electrons. The number of thiocarbonyl (C=S) groups is 1. The average molecular weight is 343 g/mol. The van der Waals surface area contributed by atoms with Gasteiger partial charge in [-0.05, 0) is 50.2 Å². The molecule has 0 aliphatic rings. The summed E-state index contributed by atoms with van der Waals surface area (Å²) in [6, 6.07) is 9.74. The maximum atomic E-state index is 12.3. The Morgan fingerprint density at radius 3 is 2.29 bits per heavy atom. The van der Waals surface area contributed by atoms with Gasteiger partial charge < -0.3 is 5.32 Å². The lowest BCUT2D eigenvalue weighted by Crippen LogP contribution is -2.34. The lowest BCUT2D eigenvalue weighted by Gasteiger charge is -2.15. The summed E-state index contributed by atoms with van der Waals surface area (Å²) in [7, 11) is 0. The maximum Gasteiger partial charge on any atom is 0.282 e. The summed E-state index contributed by atoms with van der Waals surface area (Å²) in [6.45, 7) is 5.88. The number of anilines is 1. The monoisotopic (exact) mass is 343 g/mol. The van der Waals surface area contributed by atoms with Crippen molar-refractivity contribution in [3.05, 3.63) is 68.8 Å². The van der Waals surface area contributed by atoms with Crippen molar-refractivity contribution in [3.8, 4) is 0 Å². The van der Waals surface area contributed by atoms with Gasteiger partial charge in [0, 0.05) is 11.8 Å². The zero-order chi connectivity index (χ0) is 17.9. The Hall–Kier alpha value is -2.80. The third kappa shape index (κ3) is 3.94. The van der Waals surface area contributed by atoms with Crippen LogP contribution in [0.25, 0.3) is 0 Å². The highest BCUT2D eigenvalue weighted by Crippen LogP contribution is 2.22. The fourth-order valence-electron chi connectivity index (χ4n) is 2.52. The number of nitrogens with zero attached hydrogens (tertiary/aromatic N) is 1. The Kier molecular flexibility index (Phi) is 5.25. The fourth-order valence-corrected chi connectivity index (χ4v) is 2.71. The van der Waals surface area contributed by atoms with Crippen molar-refractivity contribution in [1.82, 2.24) is 5.32 Å². The van der Waals surface area contributed by atoms with E-state index in [1.807, 2.05) is 32.9 Å². The van der Waals surface area contributed by atoms with Crippen molar-refractivity contribution in [2.24, 2.45) is 0 Å². The van der Waals surface area contributed by atoms with E-state index in [1.165, 1.54) is 18.2 Å². The Morgan fingerprint density at radius 2 is 1.71 bits per heavy atom.